The zero-order valence-corrected chi connectivity index (χ0v) is 18.2. The number of aliphatic hydroxyl groups excluding tert-OH is 1. The van der Waals surface area contributed by atoms with E-state index >= 15 is 0 Å². The summed E-state index contributed by atoms with van der Waals surface area (Å²) in [5.41, 5.74) is 6.39. The third-order valence-corrected chi connectivity index (χ3v) is 9.19. The summed E-state index contributed by atoms with van der Waals surface area (Å²) in [6, 6.07) is 19.1. The molecule has 2 aromatic rings. The topological polar surface area (TPSA) is 23.5 Å². The highest BCUT2D eigenvalue weighted by atomic mass is 16.3. The molecule has 1 aliphatic heterocycles. The average molecular weight is 402 g/mol. The van der Waals surface area contributed by atoms with E-state index in [1.54, 1.807) is 22.3 Å². The number of fused-ring (bicyclic) bond motifs is 8. The third-order valence-electron chi connectivity index (χ3n) is 9.19. The molecule has 1 saturated heterocycles. The van der Waals surface area contributed by atoms with Gasteiger partial charge in [0, 0.05) is 24.0 Å². The lowest BCUT2D eigenvalue weighted by molar-refractivity contribution is 0.0176. The first-order chi connectivity index (χ1) is 14.7. The molecule has 0 radical (unpaired) electrons. The molecule has 2 bridgehead atoms. The van der Waals surface area contributed by atoms with Gasteiger partial charge in [-0.05, 0) is 92.1 Å². The van der Waals surface area contributed by atoms with E-state index in [0.717, 1.165) is 12.5 Å². The van der Waals surface area contributed by atoms with Crippen LogP contribution in [0.1, 0.15) is 86.0 Å². The lowest BCUT2D eigenvalue weighted by Crippen LogP contribution is -2.46. The molecule has 6 rings (SSSR count). The van der Waals surface area contributed by atoms with Crippen molar-refractivity contribution in [3.63, 3.8) is 0 Å². The van der Waals surface area contributed by atoms with Gasteiger partial charge in [0.05, 0.1) is 0 Å². The Bertz CT molecular complexity index is 872. The summed E-state index contributed by atoms with van der Waals surface area (Å²) in [7, 11) is 0. The first kappa shape index (κ1) is 19.1. The minimum absolute atomic E-state index is 0.0751. The molecule has 2 fully saturated rings. The van der Waals surface area contributed by atoms with Crippen LogP contribution in [0.2, 0.25) is 0 Å². The van der Waals surface area contributed by atoms with Crippen LogP contribution < -0.4 is 0 Å². The molecule has 3 aliphatic carbocycles. The summed E-state index contributed by atoms with van der Waals surface area (Å²) in [4.78, 5) is 2.76. The maximum Gasteiger partial charge on any atom is 0.0487 e. The summed E-state index contributed by atoms with van der Waals surface area (Å²) >= 11 is 0. The van der Waals surface area contributed by atoms with E-state index < -0.39 is 0 Å². The predicted octanol–water partition coefficient (Wildman–Crippen LogP) is 5.62. The Morgan fingerprint density at radius 1 is 0.833 bits per heavy atom. The lowest BCUT2D eigenvalue weighted by atomic mass is 9.60. The molecule has 2 nitrogen and oxygen atoms in total. The van der Waals surface area contributed by atoms with Gasteiger partial charge >= 0.3 is 0 Å². The smallest absolute Gasteiger partial charge is 0.0487 e. The Balaban J connectivity index is 1.31. The van der Waals surface area contributed by atoms with Crippen molar-refractivity contribution in [1.29, 1.82) is 0 Å². The Kier molecular flexibility index (Phi) is 4.58. The van der Waals surface area contributed by atoms with Crippen molar-refractivity contribution in [2.24, 2.45) is 5.41 Å². The van der Waals surface area contributed by atoms with Gasteiger partial charge in [-0.15, -0.1) is 0 Å². The van der Waals surface area contributed by atoms with E-state index in [1.807, 2.05) is 0 Å². The summed E-state index contributed by atoms with van der Waals surface area (Å²) in [5.74, 6) is 0.554. The second-order valence-electron chi connectivity index (χ2n) is 10.7. The summed E-state index contributed by atoms with van der Waals surface area (Å²) in [6.07, 6.45) is 11.4. The van der Waals surface area contributed by atoms with E-state index in [-0.39, 0.29) is 10.8 Å². The quantitative estimate of drug-likeness (QED) is 0.719. The van der Waals surface area contributed by atoms with Crippen LogP contribution in [0, 0.1) is 5.41 Å². The maximum absolute atomic E-state index is 10.7. The number of hydrogen-bond donors (Lipinski definition) is 1. The number of rotatable bonds is 4. The third kappa shape index (κ3) is 2.76. The molecular weight excluding hydrogens is 366 g/mol. The number of benzene rings is 2. The average Bonchev–Trinajstić information content (AvgIpc) is 3.32. The zero-order chi connectivity index (χ0) is 20.2. The predicted molar refractivity (Wildman–Crippen MR) is 122 cm³/mol. The molecule has 30 heavy (non-hydrogen) atoms. The van der Waals surface area contributed by atoms with Gasteiger partial charge in [0.2, 0.25) is 0 Å². The fourth-order valence-corrected chi connectivity index (χ4v) is 7.73. The van der Waals surface area contributed by atoms with Crippen LogP contribution in [0.15, 0.2) is 48.5 Å². The van der Waals surface area contributed by atoms with E-state index in [9.17, 15) is 5.11 Å². The largest absolute Gasteiger partial charge is 0.396 e. The minimum atomic E-state index is 0.0751. The van der Waals surface area contributed by atoms with Gasteiger partial charge < -0.3 is 10.0 Å². The molecule has 1 saturated carbocycles. The summed E-state index contributed by atoms with van der Waals surface area (Å²) < 4.78 is 0. The van der Waals surface area contributed by atoms with Gasteiger partial charge in [0.25, 0.3) is 0 Å². The maximum atomic E-state index is 10.7. The zero-order valence-electron chi connectivity index (χ0n) is 18.2. The molecule has 0 aromatic heterocycles. The molecule has 0 unspecified atom stereocenters. The normalized spacial score (nSPS) is 35.2. The Morgan fingerprint density at radius 3 is 2.03 bits per heavy atom. The number of nitrogens with zero attached hydrogens (tertiary/aromatic N) is 1. The first-order valence-electron chi connectivity index (χ1n) is 12.3. The molecule has 0 spiro atoms. The van der Waals surface area contributed by atoms with Crippen LogP contribution in [0.3, 0.4) is 0 Å². The van der Waals surface area contributed by atoms with Crippen LogP contribution in [0.5, 0.6) is 0 Å². The number of aliphatic hydroxyl groups is 1. The fourth-order valence-electron chi connectivity index (χ4n) is 7.73. The number of likely N-dealkylation sites (tertiary alicyclic amines) is 1. The van der Waals surface area contributed by atoms with Crippen molar-refractivity contribution in [2.45, 2.75) is 75.2 Å². The highest BCUT2D eigenvalue weighted by Crippen LogP contribution is 2.64. The Labute approximate surface area is 181 Å². The van der Waals surface area contributed by atoms with Crippen LogP contribution in [-0.2, 0) is 5.41 Å². The highest BCUT2D eigenvalue weighted by molar-refractivity contribution is 5.62. The van der Waals surface area contributed by atoms with Gasteiger partial charge in [-0.3, -0.25) is 0 Å². The van der Waals surface area contributed by atoms with Crippen molar-refractivity contribution in [1.82, 2.24) is 4.90 Å². The van der Waals surface area contributed by atoms with Gasteiger partial charge in [-0.1, -0.05) is 55.0 Å². The van der Waals surface area contributed by atoms with Crippen LogP contribution in [0.4, 0.5) is 0 Å². The van der Waals surface area contributed by atoms with Crippen molar-refractivity contribution in [3.05, 3.63) is 70.8 Å². The molecule has 0 atom stereocenters. The van der Waals surface area contributed by atoms with Crippen LogP contribution in [-0.4, -0.2) is 35.7 Å². The molecule has 1 N–H and O–H groups in total. The summed E-state index contributed by atoms with van der Waals surface area (Å²) in [5, 5.41) is 10.7. The van der Waals surface area contributed by atoms with Gasteiger partial charge in [-0.2, -0.15) is 0 Å². The Hall–Kier alpha value is -1.64. The second kappa shape index (κ2) is 7.21. The van der Waals surface area contributed by atoms with E-state index in [1.165, 1.54) is 64.5 Å². The lowest BCUT2D eigenvalue weighted by Gasteiger charge is -2.47. The van der Waals surface area contributed by atoms with Gasteiger partial charge in [-0.25, -0.2) is 0 Å². The second-order valence-corrected chi connectivity index (χ2v) is 10.7. The van der Waals surface area contributed by atoms with E-state index in [0.29, 0.717) is 12.5 Å². The van der Waals surface area contributed by atoms with E-state index in [4.69, 9.17) is 0 Å². The molecule has 1 heterocycles. The van der Waals surface area contributed by atoms with Crippen LogP contribution in [0.25, 0.3) is 0 Å². The van der Waals surface area contributed by atoms with Gasteiger partial charge in [0.1, 0.15) is 0 Å². The van der Waals surface area contributed by atoms with Crippen molar-refractivity contribution in [2.75, 3.05) is 19.7 Å². The summed E-state index contributed by atoms with van der Waals surface area (Å²) in [6.45, 7) is 2.93. The molecule has 2 heteroatoms. The number of piperidine rings is 1. The molecule has 4 aliphatic rings. The molecule has 158 valence electrons. The first-order valence-corrected chi connectivity index (χ1v) is 12.3. The number of hydrogen-bond acceptors (Lipinski definition) is 2. The van der Waals surface area contributed by atoms with Crippen LogP contribution >= 0.6 is 0 Å². The minimum Gasteiger partial charge on any atom is -0.396 e. The monoisotopic (exact) mass is 401 g/mol. The molecular formula is C28H35NO. The Morgan fingerprint density at radius 2 is 1.43 bits per heavy atom. The highest BCUT2D eigenvalue weighted by Gasteiger charge is 2.55. The SMILES string of the molecule is OCC1(CC23CC(c4ccccc42)c2ccccc23)CCC(N2CCCCC2)CC1. The standard InChI is InChI=1S/C28H35NO/c30-20-27(14-12-21(13-15-27)29-16-6-1-7-17-29)19-28-18-24(22-8-2-4-10-25(22)28)23-9-3-5-11-26(23)28/h2-5,8-11,21,24,30H,1,6-7,12-20H2. The van der Waals surface area contributed by atoms with Gasteiger partial charge in [0.15, 0.2) is 0 Å². The van der Waals surface area contributed by atoms with Crippen molar-refractivity contribution >= 4 is 0 Å². The molecule has 2 aromatic carbocycles. The molecule has 0 amide bonds. The fraction of sp³-hybridized carbons (Fsp3) is 0.571. The van der Waals surface area contributed by atoms with E-state index in [2.05, 4.69) is 53.4 Å². The van der Waals surface area contributed by atoms with Crippen molar-refractivity contribution in [3.8, 4) is 0 Å². The van der Waals surface area contributed by atoms with Crippen molar-refractivity contribution < 1.29 is 5.11 Å².